The minimum atomic E-state index is -0.208. The quantitative estimate of drug-likeness (QED) is 0.854. The normalized spacial score (nSPS) is 14.5. The average Bonchev–Trinajstić information content (AvgIpc) is 2.53. The van der Waals surface area contributed by atoms with Crippen molar-refractivity contribution >= 4 is 11.6 Å². The highest BCUT2D eigenvalue weighted by Crippen LogP contribution is 2.33. The fourth-order valence-electron chi connectivity index (χ4n) is 3.17. The van der Waals surface area contributed by atoms with E-state index in [0.717, 1.165) is 30.6 Å². The molecule has 1 amide bonds. The van der Waals surface area contributed by atoms with E-state index in [1.807, 2.05) is 49.9 Å². The first-order valence-corrected chi connectivity index (χ1v) is 8.11. The van der Waals surface area contributed by atoms with Crippen LogP contribution < -0.4 is 4.90 Å². The van der Waals surface area contributed by atoms with Crippen molar-refractivity contribution in [3.8, 4) is 5.75 Å². The van der Waals surface area contributed by atoms with Crippen LogP contribution >= 0.6 is 0 Å². The van der Waals surface area contributed by atoms with E-state index in [9.17, 15) is 9.90 Å². The highest BCUT2D eigenvalue weighted by atomic mass is 16.3. The molecule has 120 valence electrons. The lowest BCUT2D eigenvalue weighted by Crippen LogP contribution is -2.35. The molecule has 1 aliphatic rings. The molecule has 3 rings (SSSR count). The summed E-state index contributed by atoms with van der Waals surface area (Å²) in [7, 11) is 0. The first-order chi connectivity index (χ1) is 10.9. The number of carbonyl (C=O) groups is 1. The number of hydrogen-bond acceptors (Lipinski definition) is 2. The molecule has 0 spiro atoms. The largest absolute Gasteiger partial charge is 0.508 e. The molecule has 23 heavy (non-hydrogen) atoms. The van der Waals surface area contributed by atoms with E-state index in [1.54, 1.807) is 12.1 Å². The van der Waals surface area contributed by atoms with Crippen LogP contribution in [0.5, 0.6) is 5.75 Å². The van der Waals surface area contributed by atoms with Gasteiger partial charge in [-0.1, -0.05) is 39.0 Å². The number of hydrogen-bond donors (Lipinski definition) is 1. The standard InChI is InChI=1S/C20H23NO2/c1-20(2,3)16-13-15(10-11-18(16)22)19(23)21-12-6-8-14-7-4-5-9-17(14)21/h4-5,7,9-11,13,22H,6,8,12H2,1-3H3. The molecule has 0 aliphatic carbocycles. The van der Waals surface area contributed by atoms with E-state index in [1.165, 1.54) is 5.56 Å². The second-order valence-electron chi connectivity index (χ2n) is 7.17. The van der Waals surface area contributed by atoms with Gasteiger partial charge in [0, 0.05) is 23.4 Å². The van der Waals surface area contributed by atoms with Gasteiger partial charge in [0.2, 0.25) is 0 Å². The first-order valence-electron chi connectivity index (χ1n) is 8.11. The van der Waals surface area contributed by atoms with Gasteiger partial charge in [-0.15, -0.1) is 0 Å². The zero-order valence-electron chi connectivity index (χ0n) is 14.0. The van der Waals surface area contributed by atoms with Crippen molar-refractivity contribution < 1.29 is 9.90 Å². The lowest BCUT2D eigenvalue weighted by molar-refractivity contribution is 0.0985. The number of phenols is 1. The summed E-state index contributed by atoms with van der Waals surface area (Å²) in [5, 5.41) is 10.1. The summed E-state index contributed by atoms with van der Waals surface area (Å²) < 4.78 is 0. The molecule has 3 heteroatoms. The third-order valence-corrected chi connectivity index (χ3v) is 4.41. The first kappa shape index (κ1) is 15.6. The molecule has 0 bridgehead atoms. The number of amides is 1. The monoisotopic (exact) mass is 309 g/mol. The number of aromatic hydroxyl groups is 1. The molecule has 0 saturated carbocycles. The highest BCUT2D eigenvalue weighted by molar-refractivity contribution is 6.07. The Bertz CT molecular complexity index is 744. The van der Waals surface area contributed by atoms with Gasteiger partial charge in [-0.05, 0) is 48.1 Å². The van der Waals surface area contributed by atoms with Crippen LogP contribution in [0.25, 0.3) is 0 Å². The Morgan fingerprint density at radius 2 is 1.87 bits per heavy atom. The summed E-state index contributed by atoms with van der Waals surface area (Å²) in [5.74, 6) is 0.246. The van der Waals surface area contributed by atoms with Crippen LogP contribution in [0.3, 0.4) is 0 Å². The van der Waals surface area contributed by atoms with Gasteiger partial charge in [0.15, 0.2) is 0 Å². The summed E-state index contributed by atoms with van der Waals surface area (Å²) in [6, 6.07) is 13.3. The van der Waals surface area contributed by atoms with E-state index in [-0.39, 0.29) is 17.1 Å². The van der Waals surface area contributed by atoms with Crippen LogP contribution in [0.1, 0.15) is 48.7 Å². The zero-order valence-corrected chi connectivity index (χ0v) is 14.0. The fraction of sp³-hybridized carbons (Fsp3) is 0.350. The summed E-state index contributed by atoms with van der Waals surface area (Å²) in [4.78, 5) is 14.9. The number of phenolic OH excluding ortho intramolecular Hbond substituents is 1. The van der Waals surface area contributed by atoms with Gasteiger partial charge in [0.1, 0.15) is 5.75 Å². The van der Waals surface area contributed by atoms with Gasteiger partial charge in [-0.25, -0.2) is 0 Å². The second kappa shape index (κ2) is 5.73. The summed E-state index contributed by atoms with van der Waals surface area (Å²) in [6.45, 7) is 6.84. The number of para-hydroxylation sites is 1. The molecule has 0 radical (unpaired) electrons. The van der Waals surface area contributed by atoms with Gasteiger partial charge < -0.3 is 10.0 Å². The van der Waals surface area contributed by atoms with Crippen LogP contribution in [0.15, 0.2) is 42.5 Å². The molecule has 3 nitrogen and oxygen atoms in total. The minimum absolute atomic E-state index is 0.00245. The van der Waals surface area contributed by atoms with Crippen molar-refractivity contribution in [2.24, 2.45) is 0 Å². The highest BCUT2D eigenvalue weighted by Gasteiger charge is 2.25. The summed E-state index contributed by atoms with van der Waals surface area (Å²) in [6.07, 6.45) is 2.00. The van der Waals surface area contributed by atoms with Crippen molar-refractivity contribution in [1.82, 2.24) is 0 Å². The Balaban J connectivity index is 1.99. The Hall–Kier alpha value is -2.29. The van der Waals surface area contributed by atoms with Crippen LogP contribution in [0.4, 0.5) is 5.69 Å². The number of carbonyl (C=O) groups excluding carboxylic acids is 1. The van der Waals surface area contributed by atoms with E-state index in [0.29, 0.717) is 5.56 Å². The van der Waals surface area contributed by atoms with Crippen LogP contribution in [-0.4, -0.2) is 17.6 Å². The summed E-state index contributed by atoms with van der Waals surface area (Å²) >= 11 is 0. The molecular formula is C20H23NO2. The predicted octanol–water partition coefficient (Wildman–Crippen LogP) is 4.28. The van der Waals surface area contributed by atoms with Crippen molar-refractivity contribution in [2.45, 2.75) is 39.0 Å². The molecular weight excluding hydrogens is 286 g/mol. The molecule has 0 fully saturated rings. The van der Waals surface area contributed by atoms with Crippen molar-refractivity contribution in [1.29, 1.82) is 0 Å². The number of anilines is 1. The Labute approximate surface area is 137 Å². The maximum atomic E-state index is 13.0. The molecule has 0 unspecified atom stereocenters. The Kier molecular flexibility index (Phi) is 3.88. The van der Waals surface area contributed by atoms with Crippen LogP contribution in [0.2, 0.25) is 0 Å². The number of benzene rings is 2. The van der Waals surface area contributed by atoms with Crippen molar-refractivity contribution in [2.75, 3.05) is 11.4 Å². The molecule has 2 aromatic rings. The van der Waals surface area contributed by atoms with E-state index >= 15 is 0 Å². The maximum absolute atomic E-state index is 13.0. The summed E-state index contributed by atoms with van der Waals surface area (Å²) in [5.41, 5.74) is 3.45. The van der Waals surface area contributed by atoms with Gasteiger partial charge >= 0.3 is 0 Å². The van der Waals surface area contributed by atoms with Crippen molar-refractivity contribution in [3.05, 3.63) is 59.2 Å². The Morgan fingerprint density at radius 1 is 1.13 bits per heavy atom. The third-order valence-electron chi connectivity index (χ3n) is 4.41. The van der Waals surface area contributed by atoms with Crippen molar-refractivity contribution in [3.63, 3.8) is 0 Å². The van der Waals surface area contributed by atoms with Crippen LogP contribution in [0, 0.1) is 0 Å². The third kappa shape index (κ3) is 2.96. The molecule has 1 N–H and O–H groups in total. The lowest BCUT2D eigenvalue weighted by atomic mass is 9.85. The zero-order chi connectivity index (χ0) is 16.6. The van der Waals surface area contributed by atoms with Gasteiger partial charge in [0.25, 0.3) is 5.91 Å². The molecule has 1 aliphatic heterocycles. The lowest BCUT2D eigenvalue weighted by Gasteiger charge is -2.30. The minimum Gasteiger partial charge on any atom is -0.508 e. The van der Waals surface area contributed by atoms with Gasteiger partial charge in [-0.3, -0.25) is 4.79 Å². The number of rotatable bonds is 1. The van der Waals surface area contributed by atoms with Gasteiger partial charge in [0.05, 0.1) is 0 Å². The molecule has 0 saturated heterocycles. The smallest absolute Gasteiger partial charge is 0.258 e. The molecule has 0 aromatic heterocycles. The van der Waals surface area contributed by atoms with E-state index in [4.69, 9.17) is 0 Å². The molecule has 1 heterocycles. The van der Waals surface area contributed by atoms with Gasteiger partial charge in [-0.2, -0.15) is 0 Å². The van der Waals surface area contributed by atoms with Crippen LogP contribution in [-0.2, 0) is 11.8 Å². The number of nitrogens with zero attached hydrogens (tertiary/aromatic N) is 1. The topological polar surface area (TPSA) is 40.5 Å². The SMILES string of the molecule is CC(C)(C)c1cc(C(=O)N2CCCc3ccccc32)ccc1O. The maximum Gasteiger partial charge on any atom is 0.258 e. The van der Waals surface area contributed by atoms with E-state index in [2.05, 4.69) is 6.07 Å². The second-order valence-corrected chi connectivity index (χ2v) is 7.17. The number of aryl methyl sites for hydroxylation is 1. The average molecular weight is 309 g/mol. The number of fused-ring (bicyclic) bond motifs is 1. The Morgan fingerprint density at radius 3 is 2.61 bits per heavy atom. The molecule has 0 atom stereocenters. The van der Waals surface area contributed by atoms with E-state index < -0.39 is 0 Å². The predicted molar refractivity (Wildman–Crippen MR) is 93.2 cm³/mol. The fourth-order valence-corrected chi connectivity index (χ4v) is 3.17. The molecule has 2 aromatic carbocycles.